The van der Waals surface area contributed by atoms with Crippen molar-refractivity contribution in [3.8, 4) is 6.07 Å². The van der Waals surface area contributed by atoms with Crippen LogP contribution in [-0.2, 0) is 7.05 Å². The second-order valence-corrected chi connectivity index (χ2v) is 3.76. The number of nitriles is 1. The van der Waals surface area contributed by atoms with Crippen LogP contribution >= 0.6 is 0 Å². The highest BCUT2D eigenvalue weighted by Gasteiger charge is 2.04. The number of hydrogen-bond acceptors (Lipinski definition) is 3. The van der Waals surface area contributed by atoms with Crippen LogP contribution in [0.3, 0.4) is 0 Å². The first-order chi connectivity index (χ1) is 7.72. The van der Waals surface area contributed by atoms with Gasteiger partial charge >= 0.3 is 0 Å². The van der Waals surface area contributed by atoms with Crippen LogP contribution in [0.15, 0.2) is 18.2 Å². The number of aryl methyl sites for hydroxylation is 2. The summed E-state index contributed by atoms with van der Waals surface area (Å²) in [5, 5.41) is 11.6. The van der Waals surface area contributed by atoms with Crippen LogP contribution in [0.4, 0.5) is 5.69 Å². The standard InChI is InChI=1S/C12H14N4/c1-9-15-11-8-10(14-7-3-6-13)4-5-12(11)16(9)2/h4-5,8,14H,3,7H2,1-2H3. The monoisotopic (exact) mass is 214 g/mol. The van der Waals surface area contributed by atoms with Crippen LogP contribution in [0.1, 0.15) is 12.2 Å². The molecule has 0 aliphatic carbocycles. The number of nitrogens with zero attached hydrogens (tertiary/aromatic N) is 3. The van der Waals surface area contributed by atoms with E-state index in [4.69, 9.17) is 5.26 Å². The minimum absolute atomic E-state index is 0.513. The zero-order valence-electron chi connectivity index (χ0n) is 9.49. The van der Waals surface area contributed by atoms with Gasteiger partial charge < -0.3 is 9.88 Å². The van der Waals surface area contributed by atoms with Crippen molar-refractivity contribution in [2.75, 3.05) is 11.9 Å². The summed E-state index contributed by atoms with van der Waals surface area (Å²) >= 11 is 0. The molecule has 0 saturated heterocycles. The summed E-state index contributed by atoms with van der Waals surface area (Å²) in [5.41, 5.74) is 3.13. The van der Waals surface area contributed by atoms with Gasteiger partial charge in [-0.1, -0.05) is 0 Å². The molecule has 0 aliphatic rings. The summed E-state index contributed by atoms with van der Waals surface area (Å²) in [6, 6.07) is 8.18. The van der Waals surface area contributed by atoms with Crippen LogP contribution in [0.25, 0.3) is 11.0 Å². The lowest BCUT2D eigenvalue weighted by atomic mass is 10.2. The largest absolute Gasteiger partial charge is 0.384 e. The quantitative estimate of drug-likeness (QED) is 0.797. The highest BCUT2D eigenvalue weighted by molar-refractivity contribution is 5.80. The van der Waals surface area contributed by atoms with E-state index in [0.29, 0.717) is 13.0 Å². The smallest absolute Gasteiger partial charge is 0.106 e. The third-order valence-electron chi connectivity index (χ3n) is 2.67. The zero-order valence-corrected chi connectivity index (χ0v) is 9.49. The molecule has 16 heavy (non-hydrogen) atoms. The summed E-state index contributed by atoms with van der Waals surface area (Å²) in [7, 11) is 2.01. The van der Waals surface area contributed by atoms with Crippen LogP contribution in [0, 0.1) is 18.3 Å². The highest BCUT2D eigenvalue weighted by Crippen LogP contribution is 2.19. The first-order valence-electron chi connectivity index (χ1n) is 5.26. The summed E-state index contributed by atoms with van der Waals surface area (Å²) in [6.07, 6.45) is 0.513. The number of benzene rings is 1. The Morgan fingerprint density at radius 3 is 3.06 bits per heavy atom. The normalized spacial score (nSPS) is 10.3. The van der Waals surface area contributed by atoms with Gasteiger partial charge in [-0.3, -0.25) is 0 Å². The van der Waals surface area contributed by atoms with Gasteiger partial charge in [0.1, 0.15) is 5.82 Å². The number of nitrogens with one attached hydrogen (secondary N) is 1. The number of rotatable bonds is 3. The van der Waals surface area contributed by atoms with Crippen LogP contribution < -0.4 is 5.32 Å². The van der Waals surface area contributed by atoms with Crippen molar-refractivity contribution in [1.29, 1.82) is 5.26 Å². The molecule has 2 aromatic rings. The van der Waals surface area contributed by atoms with Gasteiger partial charge in [0.15, 0.2) is 0 Å². The molecule has 82 valence electrons. The van der Waals surface area contributed by atoms with Gasteiger partial charge in [0.05, 0.1) is 23.5 Å². The van der Waals surface area contributed by atoms with Gasteiger partial charge in [-0.2, -0.15) is 5.26 Å². The lowest BCUT2D eigenvalue weighted by Crippen LogP contribution is -1.99. The Kier molecular flexibility index (Phi) is 2.78. The van der Waals surface area contributed by atoms with Crippen molar-refractivity contribution in [2.45, 2.75) is 13.3 Å². The Morgan fingerprint density at radius 1 is 1.50 bits per heavy atom. The van der Waals surface area contributed by atoms with Gasteiger partial charge in [-0.15, -0.1) is 0 Å². The molecule has 0 unspecified atom stereocenters. The van der Waals surface area contributed by atoms with E-state index in [2.05, 4.69) is 20.9 Å². The van der Waals surface area contributed by atoms with Crippen molar-refractivity contribution < 1.29 is 0 Å². The molecule has 1 aromatic carbocycles. The van der Waals surface area contributed by atoms with E-state index < -0.39 is 0 Å². The fourth-order valence-corrected chi connectivity index (χ4v) is 1.69. The number of fused-ring (bicyclic) bond motifs is 1. The summed E-state index contributed by atoms with van der Waals surface area (Å²) in [5.74, 6) is 1.00. The average Bonchev–Trinajstić information content (AvgIpc) is 2.55. The maximum atomic E-state index is 8.45. The average molecular weight is 214 g/mol. The summed E-state index contributed by atoms with van der Waals surface area (Å²) in [6.45, 7) is 2.66. The molecule has 2 rings (SSSR count). The second kappa shape index (κ2) is 4.23. The topological polar surface area (TPSA) is 53.6 Å². The van der Waals surface area contributed by atoms with Crippen LogP contribution in [0.2, 0.25) is 0 Å². The molecule has 1 N–H and O–H groups in total. The molecule has 0 spiro atoms. The molecular formula is C12H14N4. The molecule has 0 fully saturated rings. The first-order valence-corrected chi connectivity index (χ1v) is 5.26. The SMILES string of the molecule is Cc1nc2cc(NCCC#N)ccc2n1C. The van der Waals surface area contributed by atoms with Crippen molar-refractivity contribution >= 4 is 16.7 Å². The molecule has 1 aromatic heterocycles. The number of anilines is 1. The maximum Gasteiger partial charge on any atom is 0.106 e. The van der Waals surface area contributed by atoms with E-state index in [9.17, 15) is 0 Å². The first kappa shape index (κ1) is 10.5. The molecule has 0 amide bonds. The number of aromatic nitrogens is 2. The Hall–Kier alpha value is -2.02. The third kappa shape index (κ3) is 1.84. The molecule has 0 saturated carbocycles. The highest BCUT2D eigenvalue weighted by atomic mass is 15.0. The van der Waals surface area contributed by atoms with E-state index in [1.54, 1.807) is 0 Å². The molecule has 0 radical (unpaired) electrons. The van der Waals surface area contributed by atoms with Gasteiger partial charge in [0.25, 0.3) is 0 Å². The predicted molar refractivity (Wildman–Crippen MR) is 64.2 cm³/mol. The fourth-order valence-electron chi connectivity index (χ4n) is 1.69. The van der Waals surface area contributed by atoms with E-state index in [1.165, 1.54) is 0 Å². The zero-order chi connectivity index (χ0) is 11.5. The van der Waals surface area contributed by atoms with Gasteiger partial charge in [0, 0.05) is 19.3 Å². The van der Waals surface area contributed by atoms with Crippen LogP contribution in [-0.4, -0.2) is 16.1 Å². The molecule has 4 nitrogen and oxygen atoms in total. The van der Waals surface area contributed by atoms with E-state index >= 15 is 0 Å². The Morgan fingerprint density at radius 2 is 2.31 bits per heavy atom. The maximum absolute atomic E-state index is 8.45. The molecular weight excluding hydrogens is 200 g/mol. The van der Waals surface area contributed by atoms with Gasteiger partial charge in [-0.25, -0.2) is 4.98 Å². The minimum Gasteiger partial charge on any atom is -0.384 e. The molecule has 0 aliphatic heterocycles. The van der Waals surface area contributed by atoms with E-state index in [0.717, 1.165) is 22.5 Å². The molecule has 0 atom stereocenters. The van der Waals surface area contributed by atoms with Crippen molar-refractivity contribution in [3.05, 3.63) is 24.0 Å². The van der Waals surface area contributed by atoms with Crippen molar-refractivity contribution in [1.82, 2.24) is 9.55 Å². The lowest BCUT2D eigenvalue weighted by Gasteiger charge is -2.03. The van der Waals surface area contributed by atoms with Gasteiger partial charge in [0.2, 0.25) is 0 Å². The van der Waals surface area contributed by atoms with E-state index in [-0.39, 0.29) is 0 Å². The van der Waals surface area contributed by atoms with Crippen LogP contribution in [0.5, 0.6) is 0 Å². The Labute approximate surface area is 94.5 Å². The Bertz CT molecular complexity index is 548. The third-order valence-corrected chi connectivity index (χ3v) is 2.67. The molecule has 4 heteroatoms. The number of imidazole rings is 1. The van der Waals surface area contributed by atoms with E-state index in [1.807, 2.05) is 32.2 Å². The van der Waals surface area contributed by atoms with Gasteiger partial charge in [-0.05, 0) is 25.1 Å². The minimum atomic E-state index is 0.513. The summed E-state index contributed by atoms with van der Waals surface area (Å²) in [4.78, 5) is 4.46. The van der Waals surface area contributed by atoms with Crippen molar-refractivity contribution in [2.24, 2.45) is 7.05 Å². The lowest BCUT2D eigenvalue weighted by molar-refractivity contribution is 0.886. The summed E-state index contributed by atoms with van der Waals surface area (Å²) < 4.78 is 2.06. The number of hydrogen-bond donors (Lipinski definition) is 1. The Balaban J connectivity index is 2.27. The molecule has 0 bridgehead atoms. The fraction of sp³-hybridized carbons (Fsp3) is 0.333. The van der Waals surface area contributed by atoms with Crippen molar-refractivity contribution in [3.63, 3.8) is 0 Å². The second-order valence-electron chi connectivity index (χ2n) is 3.76. The predicted octanol–water partition coefficient (Wildman–Crippen LogP) is 2.21. The molecule has 1 heterocycles.